The number of nitrogens with zero attached hydrogens (tertiary/aromatic N) is 1. The second kappa shape index (κ2) is 9.06. The predicted octanol–water partition coefficient (Wildman–Crippen LogP) is 3.02. The molecule has 1 atom stereocenters. The van der Waals surface area contributed by atoms with Gasteiger partial charge in [-0.2, -0.15) is 0 Å². The lowest BCUT2D eigenvalue weighted by molar-refractivity contribution is 0.0939. The van der Waals surface area contributed by atoms with Crippen molar-refractivity contribution in [1.82, 2.24) is 10.2 Å². The Bertz CT molecular complexity index is 1000. The Labute approximate surface area is 178 Å². The molecule has 2 N–H and O–H groups in total. The van der Waals surface area contributed by atoms with E-state index in [4.69, 9.17) is 4.74 Å². The maximum Gasteiger partial charge on any atom is 0.265 e. The molecule has 7 nitrogen and oxygen atoms in total. The van der Waals surface area contributed by atoms with E-state index in [9.17, 15) is 13.2 Å². The first-order valence-corrected chi connectivity index (χ1v) is 11.5. The van der Waals surface area contributed by atoms with Gasteiger partial charge in [0.05, 0.1) is 7.11 Å². The van der Waals surface area contributed by atoms with Crippen LogP contribution in [0, 0.1) is 6.92 Å². The van der Waals surface area contributed by atoms with E-state index in [1.54, 1.807) is 18.2 Å². The normalized spacial score (nSPS) is 15.0. The van der Waals surface area contributed by atoms with Gasteiger partial charge < -0.3 is 10.1 Å². The van der Waals surface area contributed by atoms with E-state index in [1.807, 2.05) is 19.1 Å². The Morgan fingerprint density at radius 1 is 1.20 bits per heavy atom. The third-order valence-corrected chi connectivity index (χ3v) is 6.80. The molecule has 2 aromatic rings. The van der Waals surface area contributed by atoms with Crippen molar-refractivity contribution in [2.45, 2.75) is 43.7 Å². The molecule has 1 aliphatic carbocycles. The van der Waals surface area contributed by atoms with Gasteiger partial charge >= 0.3 is 0 Å². The van der Waals surface area contributed by atoms with Crippen LogP contribution in [0.2, 0.25) is 0 Å². The Hall–Kier alpha value is -2.58. The highest BCUT2D eigenvalue weighted by Gasteiger charge is 2.29. The molecular formula is C22H29N3O4S. The molecule has 162 valence electrons. The zero-order valence-electron chi connectivity index (χ0n) is 17.8. The molecule has 0 radical (unpaired) electrons. The van der Waals surface area contributed by atoms with E-state index in [0.717, 1.165) is 5.56 Å². The lowest BCUT2D eigenvalue weighted by Gasteiger charge is -2.24. The van der Waals surface area contributed by atoms with Crippen LogP contribution in [-0.4, -0.2) is 52.0 Å². The van der Waals surface area contributed by atoms with Crippen molar-refractivity contribution in [2.75, 3.05) is 25.4 Å². The standard InChI is InChI=1S/C22H29N3O4S/c1-15-5-8-18(9-6-15)24-30(27,28)21-13-17(7-12-20(21)29-4)22(26)23-14-16(2)25(3)19-10-11-19/h5-9,12-13,16,19,24H,10-11,14H2,1-4H3,(H,23,26). The van der Waals surface area contributed by atoms with Crippen LogP contribution in [0.15, 0.2) is 47.4 Å². The largest absolute Gasteiger partial charge is 0.495 e. The van der Waals surface area contributed by atoms with Crippen LogP contribution >= 0.6 is 0 Å². The SMILES string of the molecule is COc1ccc(C(=O)NCC(C)N(C)C2CC2)cc1S(=O)(=O)Nc1ccc(C)cc1. The second-order valence-electron chi connectivity index (χ2n) is 7.79. The highest BCUT2D eigenvalue weighted by Crippen LogP contribution is 2.28. The maximum atomic E-state index is 12.9. The van der Waals surface area contributed by atoms with Gasteiger partial charge in [-0.05, 0) is 64.1 Å². The van der Waals surface area contributed by atoms with E-state index >= 15 is 0 Å². The zero-order valence-corrected chi connectivity index (χ0v) is 18.6. The third kappa shape index (κ3) is 5.31. The molecule has 1 saturated carbocycles. The van der Waals surface area contributed by atoms with Crippen LogP contribution in [0.4, 0.5) is 5.69 Å². The summed E-state index contributed by atoms with van der Waals surface area (Å²) in [5.41, 5.74) is 1.73. The van der Waals surface area contributed by atoms with Crippen molar-refractivity contribution in [3.63, 3.8) is 0 Å². The maximum absolute atomic E-state index is 12.9. The monoisotopic (exact) mass is 431 g/mol. The van der Waals surface area contributed by atoms with Crippen LogP contribution in [0.3, 0.4) is 0 Å². The Kier molecular flexibility index (Phi) is 6.67. The minimum Gasteiger partial charge on any atom is -0.495 e. The number of nitrogens with one attached hydrogen (secondary N) is 2. The molecule has 2 aromatic carbocycles. The van der Waals surface area contributed by atoms with E-state index in [2.05, 4.69) is 28.9 Å². The van der Waals surface area contributed by atoms with Crippen LogP contribution in [0.5, 0.6) is 5.75 Å². The molecule has 1 amide bonds. The molecule has 0 aromatic heterocycles. The molecule has 0 bridgehead atoms. The number of benzene rings is 2. The summed E-state index contributed by atoms with van der Waals surface area (Å²) in [5, 5.41) is 2.90. The van der Waals surface area contributed by atoms with Crippen molar-refractivity contribution in [2.24, 2.45) is 0 Å². The van der Waals surface area contributed by atoms with Gasteiger partial charge in [-0.3, -0.25) is 14.4 Å². The van der Waals surface area contributed by atoms with Crippen molar-refractivity contribution in [3.8, 4) is 5.75 Å². The minimum absolute atomic E-state index is 0.0821. The molecule has 30 heavy (non-hydrogen) atoms. The van der Waals surface area contributed by atoms with Crippen LogP contribution < -0.4 is 14.8 Å². The summed E-state index contributed by atoms with van der Waals surface area (Å²) >= 11 is 0. The zero-order chi connectivity index (χ0) is 21.9. The molecule has 0 heterocycles. The first-order chi connectivity index (χ1) is 14.2. The average molecular weight is 432 g/mol. The number of aryl methyl sites for hydroxylation is 1. The number of carbonyl (C=O) groups is 1. The molecule has 1 aliphatic rings. The Morgan fingerprint density at radius 3 is 2.47 bits per heavy atom. The van der Waals surface area contributed by atoms with E-state index in [1.165, 1.54) is 32.1 Å². The van der Waals surface area contributed by atoms with Crippen LogP contribution in [-0.2, 0) is 10.0 Å². The first-order valence-electron chi connectivity index (χ1n) is 9.99. The number of anilines is 1. The molecular weight excluding hydrogens is 402 g/mol. The lowest BCUT2D eigenvalue weighted by Crippen LogP contribution is -2.41. The highest BCUT2D eigenvalue weighted by molar-refractivity contribution is 7.92. The minimum atomic E-state index is -3.94. The molecule has 0 spiro atoms. The van der Waals surface area contributed by atoms with Gasteiger partial charge in [0.15, 0.2) is 0 Å². The van der Waals surface area contributed by atoms with E-state index in [0.29, 0.717) is 18.3 Å². The predicted molar refractivity (Wildman–Crippen MR) is 118 cm³/mol. The number of carbonyl (C=O) groups excluding carboxylic acids is 1. The highest BCUT2D eigenvalue weighted by atomic mass is 32.2. The lowest BCUT2D eigenvalue weighted by atomic mass is 10.2. The molecule has 1 unspecified atom stereocenters. The second-order valence-corrected chi connectivity index (χ2v) is 9.44. The number of amides is 1. The molecule has 0 saturated heterocycles. The molecule has 1 fully saturated rings. The number of sulfonamides is 1. The summed E-state index contributed by atoms with van der Waals surface area (Å²) in [6.45, 7) is 4.47. The smallest absolute Gasteiger partial charge is 0.265 e. The van der Waals surface area contributed by atoms with Gasteiger partial charge in [0, 0.05) is 29.9 Å². The van der Waals surface area contributed by atoms with E-state index in [-0.39, 0.29) is 28.2 Å². The van der Waals surface area contributed by atoms with Gasteiger partial charge in [0.1, 0.15) is 10.6 Å². The topological polar surface area (TPSA) is 87.7 Å². The van der Waals surface area contributed by atoms with Gasteiger partial charge in [-0.15, -0.1) is 0 Å². The summed E-state index contributed by atoms with van der Waals surface area (Å²) in [6, 6.07) is 12.2. The molecule has 0 aliphatic heterocycles. The van der Waals surface area contributed by atoms with Gasteiger partial charge in [-0.1, -0.05) is 17.7 Å². The summed E-state index contributed by atoms with van der Waals surface area (Å²) < 4.78 is 33.7. The van der Waals surface area contributed by atoms with Crippen molar-refractivity contribution >= 4 is 21.6 Å². The third-order valence-electron chi connectivity index (χ3n) is 5.40. The fraction of sp³-hybridized carbons (Fsp3) is 0.409. The van der Waals surface area contributed by atoms with Gasteiger partial charge in [-0.25, -0.2) is 8.42 Å². The summed E-state index contributed by atoms with van der Waals surface area (Å²) in [7, 11) is -0.479. The van der Waals surface area contributed by atoms with Crippen molar-refractivity contribution < 1.29 is 17.9 Å². The number of likely N-dealkylation sites (N-methyl/N-ethyl adjacent to an activating group) is 1. The van der Waals surface area contributed by atoms with E-state index < -0.39 is 10.0 Å². The first kappa shape index (κ1) is 22.1. The van der Waals surface area contributed by atoms with Gasteiger partial charge in [0.2, 0.25) is 0 Å². The molecule has 8 heteroatoms. The average Bonchev–Trinajstić information content (AvgIpc) is 3.57. The number of methoxy groups -OCH3 is 1. The number of hydrogen-bond donors (Lipinski definition) is 2. The fourth-order valence-electron chi connectivity index (χ4n) is 3.19. The number of hydrogen-bond acceptors (Lipinski definition) is 5. The summed E-state index contributed by atoms with van der Waals surface area (Å²) in [4.78, 5) is 14.8. The Morgan fingerprint density at radius 2 is 1.87 bits per heavy atom. The van der Waals surface area contributed by atoms with Crippen LogP contribution in [0.1, 0.15) is 35.7 Å². The fourth-order valence-corrected chi connectivity index (χ4v) is 4.44. The van der Waals surface area contributed by atoms with Crippen molar-refractivity contribution in [3.05, 3.63) is 53.6 Å². The molecule has 3 rings (SSSR count). The number of rotatable bonds is 9. The summed E-state index contributed by atoms with van der Waals surface area (Å²) in [6.07, 6.45) is 2.39. The Balaban J connectivity index is 1.76. The number of ether oxygens (including phenoxy) is 1. The summed E-state index contributed by atoms with van der Waals surface area (Å²) in [5.74, 6) is -0.145. The van der Waals surface area contributed by atoms with Crippen molar-refractivity contribution in [1.29, 1.82) is 0 Å². The van der Waals surface area contributed by atoms with Gasteiger partial charge in [0.25, 0.3) is 15.9 Å². The van der Waals surface area contributed by atoms with Crippen LogP contribution in [0.25, 0.3) is 0 Å². The quantitative estimate of drug-likeness (QED) is 0.637.